The highest BCUT2D eigenvalue weighted by atomic mass is 16.5. The summed E-state index contributed by atoms with van der Waals surface area (Å²) in [6, 6.07) is 0. The van der Waals surface area contributed by atoms with Crippen LogP contribution in [0.25, 0.3) is 0 Å². The Labute approximate surface area is 123 Å². The second-order valence-corrected chi connectivity index (χ2v) is 6.26. The average molecular weight is 282 g/mol. The molecule has 20 heavy (non-hydrogen) atoms. The van der Waals surface area contributed by atoms with Gasteiger partial charge in [-0.2, -0.15) is 0 Å². The van der Waals surface area contributed by atoms with Gasteiger partial charge in [-0.15, -0.1) is 0 Å². The molecule has 2 aliphatic rings. The van der Waals surface area contributed by atoms with Gasteiger partial charge in [0, 0.05) is 33.3 Å². The van der Waals surface area contributed by atoms with Crippen molar-refractivity contribution in [2.45, 2.75) is 38.7 Å². The highest BCUT2D eigenvalue weighted by molar-refractivity contribution is 5.79. The molecule has 2 unspecified atom stereocenters. The fourth-order valence-corrected chi connectivity index (χ4v) is 3.08. The van der Waals surface area contributed by atoms with Crippen LogP contribution in [0.2, 0.25) is 0 Å². The van der Waals surface area contributed by atoms with E-state index in [2.05, 4.69) is 34.4 Å². The summed E-state index contributed by atoms with van der Waals surface area (Å²) in [5.74, 6) is 1.64. The van der Waals surface area contributed by atoms with Gasteiger partial charge in [0.1, 0.15) is 0 Å². The lowest BCUT2D eigenvalue weighted by Crippen LogP contribution is -2.46. The predicted octanol–water partition coefficient (Wildman–Crippen LogP) is 1.06. The van der Waals surface area contributed by atoms with Crippen LogP contribution in [-0.2, 0) is 4.74 Å². The molecule has 0 amide bonds. The van der Waals surface area contributed by atoms with Crippen molar-refractivity contribution in [3.05, 3.63) is 0 Å². The first-order valence-electron chi connectivity index (χ1n) is 7.96. The van der Waals surface area contributed by atoms with Crippen molar-refractivity contribution in [1.29, 1.82) is 0 Å². The number of likely N-dealkylation sites (tertiary alicyclic amines) is 1. The zero-order valence-corrected chi connectivity index (χ0v) is 13.2. The van der Waals surface area contributed by atoms with Gasteiger partial charge < -0.3 is 20.3 Å². The Hall–Kier alpha value is -0.810. The third-order valence-corrected chi connectivity index (χ3v) is 4.53. The molecule has 0 aliphatic carbocycles. The van der Waals surface area contributed by atoms with E-state index in [9.17, 15) is 0 Å². The largest absolute Gasteiger partial charge is 0.373 e. The molecule has 0 aromatic heterocycles. The van der Waals surface area contributed by atoms with Gasteiger partial charge in [-0.3, -0.25) is 4.99 Å². The van der Waals surface area contributed by atoms with E-state index in [-0.39, 0.29) is 5.60 Å². The summed E-state index contributed by atoms with van der Waals surface area (Å²) in [6.07, 6.45) is 3.59. The Bertz CT molecular complexity index is 326. The van der Waals surface area contributed by atoms with E-state index in [4.69, 9.17) is 4.74 Å². The van der Waals surface area contributed by atoms with Crippen LogP contribution in [-0.4, -0.2) is 62.8 Å². The van der Waals surface area contributed by atoms with Gasteiger partial charge in [0.15, 0.2) is 5.96 Å². The third-order valence-electron chi connectivity index (χ3n) is 4.53. The van der Waals surface area contributed by atoms with Crippen LogP contribution in [0.5, 0.6) is 0 Å². The van der Waals surface area contributed by atoms with Crippen LogP contribution in [0.15, 0.2) is 4.99 Å². The molecule has 0 radical (unpaired) electrons. The summed E-state index contributed by atoms with van der Waals surface area (Å²) >= 11 is 0. The van der Waals surface area contributed by atoms with Gasteiger partial charge in [0.25, 0.3) is 0 Å². The van der Waals surface area contributed by atoms with E-state index in [1.165, 1.54) is 32.5 Å². The van der Waals surface area contributed by atoms with E-state index in [0.29, 0.717) is 0 Å². The molecule has 5 heteroatoms. The quantitative estimate of drug-likeness (QED) is 0.585. The number of rotatable bonds is 5. The standard InChI is InChI=1S/C15H30N4O/c1-4-19-8-6-13(11-19)10-17-14(16-3)18-12-15(2)7-5-9-20-15/h13H,4-12H2,1-3H3,(H2,16,17,18). The Balaban J connectivity index is 1.68. The van der Waals surface area contributed by atoms with E-state index < -0.39 is 0 Å². The van der Waals surface area contributed by atoms with Crippen molar-refractivity contribution in [3.8, 4) is 0 Å². The van der Waals surface area contributed by atoms with Crippen LogP contribution in [0.1, 0.15) is 33.1 Å². The van der Waals surface area contributed by atoms with Gasteiger partial charge in [-0.05, 0) is 45.2 Å². The lowest BCUT2D eigenvalue weighted by Gasteiger charge is -2.25. The van der Waals surface area contributed by atoms with Gasteiger partial charge >= 0.3 is 0 Å². The number of nitrogens with zero attached hydrogens (tertiary/aromatic N) is 2. The van der Waals surface area contributed by atoms with Crippen molar-refractivity contribution in [3.63, 3.8) is 0 Å². The Morgan fingerprint density at radius 1 is 1.45 bits per heavy atom. The molecule has 2 rings (SSSR count). The SMILES string of the molecule is CCN1CCC(CNC(=NC)NCC2(C)CCCO2)C1. The summed E-state index contributed by atoms with van der Waals surface area (Å²) in [7, 11) is 1.83. The van der Waals surface area contributed by atoms with E-state index in [1.54, 1.807) is 0 Å². The molecule has 2 heterocycles. The first-order valence-corrected chi connectivity index (χ1v) is 7.96. The molecule has 2 atom stereocenters. The maximum absolute atomic E-state index is 5.79. The molecule has 0 aromatic rings. The van der Waals surface area contributed by atoms with E-state index in [0.717, 1.165) is 38.0 Å². The monoisotopic (exact) mass is 282 g/mol. The molecule has 116 valence electrons. The second kappa shape index (κ2) is 7.27. The van der Waals surface area contributed by atoms with Crippen LogP contribution in [0.3, 0.4) is 0 Å². The maximum atomic E-state index is 5.79. The Morgan fingerprint density at radius 2 is 2.30 bits per heavy atom. The third kappa shape index (κ3) is 4.35. The van der Waals surface area contributed by atoms with Crippen molar-refractivity contribution < 1.29 is 4.74 Å². The Morgan fingerprint density at radius 3 is 2.90 bits per heavy atom. The van der Waals surface area contributed by atoms with Crippen LogP contribution in [0, 0.1) is 5.92 Å². The van der Waals surface area contributed by atoms with Gasteiger partial charge in [0.2, 0.25) is 0 Å². The van der Waals surface area contributed by atoms with Gasteiger partial charge in [0.05, 0.1) is 5.60 Å². The second-order valence-electron chi connectivity index (χ2n) is 6.26. The molecule has 0 aromatic carbocycles. The van der Waals surface area contributed by atoms with Gasteiger partial charge in [-0.1, -0.05) is 6.92 Å². The summed E-state index contributed by atoms with van der Waals surface area (Å²) in [5.41, 5.74) is -0.0238. The molecule has 2 N–H and O–H groups in total. The fourth-order valence-electron chi connectivity index (χ4n) is 3.08. The first kappa shape index (κ1) is 15.6. The van der Waals surface area contributed by atoms with Crippen molar-refractivity contribution in [2.75, 3.05) is 46.4 Å². The van der Waals surface area contributed by atoms with Crippen LogP contribution >= 0.6 is 0 Å². The van der Waals surface area contributed by atoms with Gasteiger partial charge in [-0.25, -0.2) is 0 Å². The Kier molecular flexibility index (Phi) is 5.66. The fraction of sp³-hybridized carbons (Fsp3) is 0.933. The van der Waals surface area contributed by atoms with Crippen molar-refractivity contribution in [2.24, 2.45) is 10.9 Å². The first-order chi connectivity index (χ1) is 9.65. The van der Waals surface area contributed by atoms with E-state index >= 15 is 0 Å². The molecular formula is C15H30N4O. The molecule has 0 spiro atoms. The summed E-state index contributed by atoms with van der Waals surface area (Å²) in [4.78, 5) is 6.82. The molecule has 0 saturated carbocycles. The maximum Gasteiger partial charge on any atom is 0.191 e. The highest BCUT2D eigenvalue weighted by Crippen LogP contribution is 2.23. The zero-order chi connectivity index (χ0) is 14.4. The minimum absolute atomic E-state index is 0.0238. The van der Waals surface area contributed by atoms with Crippen molar-refractivity contribution in [1.82, 2.24) is 15.5 Å². The number of nitrogens with one attached hydrogen (secondary N) is 2. The molecule has 0 bridgehead atoms. The normalized spacial score (nSPS) is 31.8. The predicted molar refractivity (Wildman–Crippen MR) is 83.2 cm³/mol. The summed E-state index contributed by atoms with van der Waals surface area (Å²) in [6.45, 7) is 10.8. The topological polar surface area (TPSA) is 48.9 Å². The molecular weight excluding hydrogens is 252 g/mol. The highest BCUT2D eigenvalue weighted by Gasteiger charge is 2.29. The minimum atomic E-state index is -0.0238. The van der Waals surface area contributed by atoms with Crippen LogP contribution < -0.4 is 10.6 Å². The minimum Gasteiger partial charge on any atom is -0.373 e. The molecule has 2 aliphatic heterocycles. The number of aliphatic imine (C=N–C) groups is 1. The zero-order valence-electron chi connectivity index (χ0n) is 13.2. The molecule has 2 fully saturated rings. The van der Waals surface area contributed by atoms with Crippen LogP contribution in [0.4, 0.5) is 0 Å². The molecule has 5 nitrogen and oxygen atoms in total. The molecule has 2 saturated heterocycles. The lowest BCUT2D eigenvalue weighted by atomic mass is 10.0. The number of ether oxygens (including phenoxy) is 1. The average Bonchev–Trinajstić information content (AvgIpc) is 3.08. The summed E-state index contributed by atoms with van der Waals surface area (Å²) < 4.78 is 5.79. The number of guanidine groups is 1. The van der Waals surface area contributed by atoms with E-state index in [1.807, 2.05) is 7.05 Å². The van der Waals surface area contributed by atoms with Crippen molar-refractivity contribution >= 4 is 5.96 Å². The number of hydrogen-bond acceptors (Lipinski definition) is 3. The number of hydrogen-bond donors (Lipinski definition) is 2. The smallest absolute Gasteiger partial charge is 0.191 e. The summed E-state index contributed by atoms with van der Waals surface area (Å²) in [5, 5.41) is 6.86. The lowest BCUT2D eigenvalue weighted by molar-refractivity contribution is 0.0243.